The molecule has 0 spiro atoms. The molecule has 18 heavy (non-hydrogen) atoms. The molecule has 3 N–H and O–H groups in total. The van der Waals surface area contributed by atoms with Gasteiger partial charge in [0.1, 0.15) is 0 Å². The average molecular weight is 248 g/mol. The lowest BCUT2D eigenvalue weighted by Gasteiger charge is -2.17. The summed E-state index contributed by atoms with van der Waals surface area (Å²) < 4.78 is 0. The number of benzene rings is 1. The molecule has 5 nitrogen and oxygen atoms in total. The van der Waals surface area contributed by atoms with Crippen LogP contribution in [0.1, 0.15) is 30.5 Å². The van der Waals surface area contributed by atoms with E-state index in [-0.39, 0.29) is 12.3 Å². The Morgan fingerprint density at radius 1 is 1.50 bits per heavy atom. The van der Waals surface area contributed by atoms with E-state index < -0.39 is 12.0 Å². The van der Waals surface area contributed by atoms with Gasteiger partial charge in [-0.25, -0.2) is 0 Å². The molecule has 1 aliphatic heterocycles. The van der Waals surface area contributed by atoms with Crippen LogP contribution in [0.15, 0.2) is 18.2 Å². The number of nitrogens with two attached hydrogens (primary N) is 1. The van der Waals surface area contributed by atoms with Crippen molar-refractivity contribution in [1.82, 2.24) is 0 Å². The molecule has 96 valence electrons. The van der Waals surface area contributed by atoms with Gasteiger partial charge in [-0.3, -0.25) is 9.59 Å². The Hall–Kier alpha value is -1.88. The molecule has 1 aromatic carbocycles. The monoisotopic (exact) mass is 248 g/mol. The van der Waals surface area contributed by atoms with E-state index >= 15 is 0 Å². The largest absolute Gasteiger partial charge is 0.481 e. The number of carboxylic acids is 1. The summed E-state index contributed by atoms with van der Waals surface area (Å²) in [7, 11) is 0. The van der Waals surface area contributed by atoms with E-state index in [0.29, 0.717) is 6.54 Å². The molecule has 0 fully saturated rings. The van der Waals surface area contributed by atoms with Gasteiger partial charge in [-0.05, 0) is 23.6 Å². The summed E-state index contributed by atoms with van der Waals surface area (Å²) in [4.78, 5) is 23.8. The van der Waals surface area contributed by atoms with E-state index in [2.05, 4.69) is 0 Å². The van der Waals surface area contributed by atoms with Crippen molar-refractivity contribution in [2.45, 2.75) is 25.8 Å². The van der Waals surface area contributed by atoms with Crippen molar-refractivity contribution < 1.29 is 14.7 Å². The molecular formula is C13H16N2O3. The van der Waals surface area contributed by atoms with Gasteiger partial charge >= 0.3 is 5.97 Å². The second-order valence-corrected chi connectivity index (χ2v) is 4.51. The second-order valence-electron chi connectivity index (χ2n) is 4.51. The van der Waals surface area contributed by atoms with Gasteiger partial charge in [-0.2, -0.15) is 0 Å². The fourth-order valence-electron chi connectivity index (χ4n) is 2.26. The molecule has 1 unspecified atom stereocenters. The normalized spacial score (nSPS) is 15.3. The number of anilines is 1. The third-order valence-electron chi connectivity index (χ3n) is 3.21. The van der Waals surface area contributed by atoms with Crippen molar-refractivity contribution >= 4 is 17.6 Å². The number of carboxylic acid groups (broad SMARTS) is 1. The minimum absolute atomic E-state index is 0.00212. The van der Waals surface area contributed by atoms with Crippen LogP contribution < -0.4 is 10.6 Å². The average Bonchev–Trinajstić information content (AvgIpc) is 2.70. The standard InChI is InChI=1S/C13H16N2O3/c1-8(16)15-5-4-9-2-3-10(6-12(9)15)11(14)7-13(17)18/h2-3,6,11H,4-5,7,14H2,1H3,(H,17,18). The summed E-state index contributed by atoms with van der Waals surface area (Å²) in [6.45, 7) is 2.21. The number of carbonyl (C=O) groups excluding carboxylic acids is 1. The van der Waals surface area contributed by atoms with Gasteiger partial charge in [0.2, 0.25) is 5.91 Å². The van der Waals surface area contributed by atoms with Crippen molar-refractivity contribution in [1.29, 1.82) is 0 Å². The summed E-state index contributed by atoms with van der Waals surface area (Å²) in [5, 5.41) is 8.73. The fraction of sp³-hybridized carbons (Fsp3) is 0.385. The minimum atomic E-state index is -0.925. The molecule has 2 rings (SSSR count). The molecule has 1 aromatic rings. The van der Waals surface area contributed by atoms with Crippen molar-refractivity contribution in [3.8, 4) is 0 Å². The van der Waals surface area contributed by atoms with Gasteiger partial charge in [0.15, 0.2) is 0 Å². The first-order valence-corrected chi connectivity index (χ1v) is 5.87. The lowest BCUT2D eigenvalue weighted by Crippen LogP contribution is -2.26. The third kappa shape index (κ3) is 2.36. The number of nitrogens with zero attached hydrogens (tertiary/aromatic N) is 1. The van der Waals surface area contributed by atoms with Crippen molar-refractivity contribution in [3.63, 3.8) is 0 Å². The molecule has 0 aromatic heterocycles. The summed E-state index contributed by atoms with van der Waals surface area (Å²) in [6, 6.07) is 5.06. The predicted octanol–water partition coefficient (Wildman–Crippen LogP) is 1.07. The smallest absolute Gasteiger partial charge is 0.305 e. The maximum absolute atomic E-state index is 11.5. The molecule has 5 heteroatoms. The first kappa shape index (κ1) is 12.6. The highest BCUT2D eigenvalue weighted by atomic mass is 16.4. The van der Waals surface area contributed by atoms with Crippen LogP contribution in [0.4, 0.5) is 5.69 Å². The zero-order chi connectivity index (χ0) is 13.3. The third-order valence-corrected chi connectivity index (χ3v) is 3.21. The van der Waals surface area contributed by atoms with E-state index in [9.17, 15) is 9.59 Å². The molecule has 0 bridgehead atoms. The number of rotatable bonds is 3. The topological polar surface area (TPSA) is 83.6 Å². The number of fused-ring (bicyclic) bond motifs is 1. The Labute approximate surface area is 105 Å². The van der Waals surface area contributed by atoms with Crippen LogP contribution in [0.5, 0.6) is 0 Å². The molecule has 1 atom stereocenters. The van der Waals surface area contributed by atoms with E-state index in [1.165, 1.54) is 6.92 Å². The van der Waals surface area contributed by atoms with Gasteiger partial charge in [0.25, 0.3) is 0 Å². The van der Waals surface area contributed by atoms with Gasteiger partial charge in [-0.1, -0.05) is 12.1 Å². The molecule has 0 saturated carbocycles. The summed E-state index contributed by atoms with van der Waals surface area (Å²) in [5.74, 6) is -0.927. The lowest BCUT2D eigenvalue weighted by atomic mass is 10.0. The summed E-state index contributed by atoms with van der Waals surface area (Å²) in [6.07, 6.45) is 0.724. The summed E-state index contributed by atoms with van der Waals surface area (Å²) >= 11 is 0. The Morgan fingerprint density at radius 2 is 2.22 bits per heavy atom. The van der Waals surface area contributed by atoms with E-state index in [4.69, 9.17) is 10.8 Å². The van der Waals surface area contributed by atoms with E-state index in [1.54, 1.807) is 4.90 Å². The highest BCUT2D eigenvalue weighted by molar-refractivity contribution is 5.93. The molecule has 0 saturated heterocycles. The second kappa shape index (κ2) is 4.78. The first-order chi connectivity index (χ1) is 8.49. The molecule has 0 aliphatic carbocycles. The Morgan fingerprint density at radius 3 is 2.83 bits per heavy atom. The zero-order valence-corrected chi connectivity index (χ0v) is 10.2. The number of amides is 1. The van der Waals surface area contributed by atoms with E-state index in [1.807, 2.05) is 18.2 Å². The van der Waals surface area contributed by atoms with Gasteiger partial charge < -0.3 is 15.7 Å². The number of hydrogen-bond acceptors (Lipinski definition) is 3. The predicted molar refractivity (Wildman–Crippen MR) is 67.4 cm³/mol. The molecule has 0 radical (unpaired) electrons. The van der Waals surface area contributed by atoms with Gasteiger partial charge in [0.05, 0.1) is 6.42 Å². The van der Waals surface area contributed by atoms with Crippen LogP contribution in [0.25, 0.3) is 0 Å². The number of aliphatic carboxylic acids is 1. The molecule has 1 heterocycles. The highest BCUT2D eigenvalue weighted by Gasteiger charge is 2.23. The van der Waals surface area contributed by atoms with Gasteiger partial charge in [-0.15, -0.1) is 0 Å². The minimum Gasteiger partial charge on any atom is -0.481 e. The Bertz CT molecular complexity index is 499. The van der Waals surface area contributed by atoms with Crippen LogP contribution in [-0.4, -0.2) is 23.5 Å². The van der Waals surface area contributed by atoms with Crippen molar-refractivity contribution in [3.05, 3.63) is 29.3 Å². The number of hydrogen-bond donors (Lipinski definition) is 2. The Kier molecular flexibility index (Phi) is 3.34. The van der Waals surface area contributed by atoms with Crippen molar-refractivity contribution in [2.75, 3.05) is 11.4 Å². The van der Waals surface area contributed by atoms with E-state index in [0.717, 1.165) is 23.2 Å². The lowest BCUT2D eigenvalue weighted by molar-refractivity contribution is -0.137. The zero-order valence-electron chi connectivity index (χ0n) is 10.2. The maximum atomic E-state index is 11.5. The van der Waals surface area contributed by atoms with Crippen LogP contribution in [0.2, 0.25) is 0 Å². The molecule has 1 amide bonds. The Balaban J connectivity index is 2.29. The first-order valence-electron chi connectivity index (χ1n) is 5.87. The fourth-order valence-corrected chi connectivity index (χ4v) is 2.26. The molecular weight excluding hydrogens is 232 g/mol. The SMILES string of the molecule is CC(=O)N1CCc2ccc(C(N)CC(=O)O)cc21. The van der Waals surface area contributed by atoms with Crippen LogP contribution >= 0.6 is 0 Å². The van der Waals surface area contributed by atoms with Crippen LogP contribution in [0, 0.1) is 0 Å². The molecule has 1 aliphatic rings. The van der Waals surface area contributed by atoms with Gasteiger partial charge in [0, 0.05) is 25.2 Å². The number of carbonyl (C=O) groups is 2. The van der Waals surface area contributed by atoms with Crippen molar-refractivity contribution in [2.24, 2.45) is 5.73 Å². The highest BCUT2D eigenvalue weighted by Crippen LogP contribution is 2.31. The maximum Gasteiger partial charge on any atom is 0.305 e. The van der Waals surface area contributed by atoms with Crippen LogP contribution in [0.3, 0.4) is 0 Å². The summed E-state index contributed by atoms with van der Waals surface area (Å²) in [5.41, 5.74) is 8.55. The quantitative estimate of drug-likeness (QED) is 0.838. The van der Waals surface area contributed by atoms with Crippen LogP contribution in [-0.2, 0) is 16.0 Å².